The maximum atomic E-state index is 11.0. The number of nitrogens with one attached hydrogen (secondary N) is 1. The molecule has 0 aromatic carbocycles. The highest BCUT2D eigenvalue weighted by Crippen LogP contribution is 2.02. The van der Waals surface area contributed by atoms with Gasteiger partial charge in [0.1, 0.15) is 0 Å². The van der Waals surface area contributed by atoms with Gasteiger partial charge in [0.05, 0.1) is 13.0 Å². The zero-order chi connectivity index (χ0) is 9.78. The van der Waals surface area contributed by atoms with E-state index in [4.69, 9.17) is 0 Å². The number of esters is 1. The van der Waals surface area contributed by atoms with Crippen molar-refractivity contribution in [2.75, 3.05) is 13.7 Å². The van der Waals surface area contributed by atoms with E-state index in [1.54, 1.807) is 0 Å². The number of hydrogen-bond acceptors (Lipinski definition) is 3. The number of hydrogen-bond donors (Lipinski definition) is 1. The highest BCUT2D eigenvalue weighted by molar-refractivity contribution is 5.72. The van der Waals surface area contributed by atoms with Crippen molar-refractivity contribution in [1.82, 2.24) is 5.32 Å². The molecule has 0 heterocycles. The molecule has 0 saturated heterocycles. The number of carbonyl (C=O) groups excluding carboxylic acids is 1. The molecular formula is C9H19NO2. The summed E-state index contributed by atoms with van der Waals surface area (Å²) < 4.78 is 4.60. The summed E-state index contributed by atoms with van der Waals surface area (Å²) in [6.07, 6.45) is 0. The first-order chi connectivity index (χ1) is 5.37. The lowest BCUT2D eigenvalue weighted by Crippen LogP contribution is -2.40. The predicted molar refractivity (Wildman–Crippen MR) is 48.9 cm³/mol. The third-order valence-electron chi connectivity index (χ3n) is 1.54. The molecule has 1 N–H and O–H groups in total. The summed E-state index contributed by atoms with van der Waals surface area (Å²) in [7, 11) is 1.41. The van der Waals surface area contributed by atoms with Crippen molar-refractivity contribution >= 4 is 5.97 Å². The molecule has 0 aromatic heterocycles. The summed E-state index contributed by atoms with van der Waals surface area (Å²) in [6, 6.07) is 0. The van der Waals surface area contributed by atoms with Gasteiger partial charge in [-0.25, -0.2) is 0 Å². The summed E-state index contributed by atoms with van der Waals surface area (Å²) in [5, 5.41) is 3.24. The Kier molecular flexibility index (Phi) is 4.24. The minimum absolute atomic E-state index is 0.0578. The van der Waals surface area contributed by atoms with Crippen LogP contribution in [0.3, 0.4) is 0 Å². The summed E-state index contributed by atoms with van der Waals surface area (Å²) in [5.74, 6) is -0.235. The molecule has 0 spiro atoms. The maximum absolute atomic E-state index is 11.0. The summed E-state index contributed by atoms with van der Waals surface area (Å²) >= 11 is 0. The fourth-order valence-corrected chi connectivity index (χ4v) is 0.744. The molecule has 0 saturated carbocycles. The molecule has 0 radical (unpaired) electrons. The van der Waals surface area contributed by atoms with Gasteiger partial charge >= 0.3 is 5.97 Å². The third-order valence-corrected chi connectivity index (χ3v) is 1.54. The average Bonchev–Trinajstić information content (AvgIpc) is 1.97. The van der Waals surface area contributed by atoms with E-state index in [1.165, 1.54) is 7.11 Å². The van der Waals surface area contributed by atoms with Crippen LogP contribution >= 0.6 is 0 Å². The Balaban J connectivity index is 3.72. The smallest absolute Gasteiger partial charge is 0.309 e. The van der Waals surface area contributed by atoms with E-state index in [1.807, 2.05) is 6.92 Å². The minimum atomic E-state index is -0.160. The lowest BCUT2D eigenvalue weighted by molar-refractivity contribution is -0.144. The standard InChI is InChI=1S/C9H19NO2/c1-7(8(11)12-5)6-10-9(2,3)4/h7,10H,6H2,1-5H3. The summed E-state index contributed by atoms with van der Waals surface area (Å²) in [4.78, 5) is 11.0. The van der Waals surface area contributed by atoms with E-state index in [0.29, 0.717) is 6.54 Å². The van der Waals surface area contributed by atoms with Gasteiger partial charge in [0.2, 0.25) is 0 Å². The molecule has 3 heteroatoms. The average molecular weight is 173 g/mol. The highest BCUT2D eigenvalue weighted by atomic mass is 16.5. The summed E-state index contributed by atoms with van der Waals surface area (Å²) in [5.41, 5.74) is 0.0578. The van der Waals surface area contributed by atoms with Crippen molar-refractivity contribution in [2.45, 2.75) is 33.2 Å². The number of carbonyl (C=O) groups is 1. The molecule has 0 amide bonds. The molecule has 0 aliphatic heterocycles. The van der Waals surface area contributed by atoms with E-state index < -0.39 is 0 Å². The molecule has 0 bridgehead atoms. The SMILES string of the molecule is COC(=O)C(C)CNC(C)(C)C. The van der Waals surface area contributed by atoms with Crippen LogP contribution in [-0.2, 0) is 9.53 Å². The zero-order valence-electron chi connectivity index (χ0n) is 8.60. The molecule has 0 rings (SSSR count). The number of methoxy groups -OCH3 is 1. The van der Waals surface area contributed by atoms with Crippen LogP contribution in [-0.4, -0.2) is 25.2 Å². The first kappa shape index (κ1) is 11.4. The van der Waals surface area contributed by atoms with Crippen LogP contribution in [0.1, 0.15) is 27.7 Å². The van der Waals surface area contributed by atoms with Gasteiger partial charge in [0, 0.05) is 12.1 Å². The Morgan fingerprint density at radius 1 is 1.50 bits per heavy atom. The first-order valence-electron chi connectivity index (χ1n) is 4.19. The van der Waals surface area contributed by atoms with Crippen molar-refractivity contribution in [1.29, 1.82) is 0 Å². The van der Waals surface area contributed by atoms with E-state index in [2.05, 4.69) is 30.8 Å². The van der Waals surface area contributed by atoms with Crippen molar-refractivity contribution in [2.24, 2.45) is 5.92 Å². The van der Waals surface area contributed by atoms with Crippen LogP contribution in [0.2, 0.25) is 0 Å². The van der Waals surface area contributed by atoms with Crippen molar-refractivity contribution in [3.8, 4) is 0 Å². The second-order valence-corrected chi connectivity index (χ2v) is 4.06. The number of rotatable bonds is 3. The normalized spacial score (nSPS) is 14.1. The molecule has 0 fully saturated rings. The maximum Gasteiger partial charge on any atom is 0.309 e. The van der Waals surface area contributed by atoms with Crippen LogP contribution in [0.4, 0.5) is 0 Å². The molecule has 0 aliphatic carbocycles. The second kappa shape index (κ2) is 4.45. The van der Waals surface area contributed by atoms with E-state index >= 15 is 0 Å². The zero-order valence-corrected chi connectivity index (χ0v) is 8.60. The van der Waals surface area contributed by atoms with Crippen LogP contribution in [0, 0.1) is 5.92 Å². The topological polar surface area (TPSA) is 38.3 Å². The van der Waals surface area contributed by atoms with E-state index in [9.17, 15) is 4.79 Å². The largest absolute Gasteiger partial charge is 0.469 e. The quantitative estimate of drug-likeness (QED) is 0.651. The van der Waals surface area contributed by atoms with Gasteiger partial charge in [0.15, 0.2) is 0 Å². The first-order valence-corrected chi connectivity index (χ1v) is 4.19. The highest BCUT2D eigenvalue weighted by Gasteiger charge is 2.16. The Hall–Kier alpha value is -0.570. The lowest BCUT2D eigenvalue weighted by atomic mass is 10.1. The van der Waals surface area contributed by atoms with Crippen LogP contribution < -0.4 is 5.32 Å². The minimum Gasteiger partial charge on any atom is -0.469 e. The molecule has 72 valence electrons. The fraction of sp³-hybridized carbons (Fsp3) is 0.889. The molecule has 0 aliphatic rings. The van der Waals surface area contributed by atoms with Crippen LogP contribution in [0.25, 0.3) is 0 Å². The Morgan fingerprint density at radius 2 is 2.00 bits per heavy atom. The van der Waals surface area contributed by atoms with Gasteiger partial charge in [-0.3, -0.25) is 4.79 Å². The van der Waals surface area contributed by atoms with Crippen molar-refractivity contribution in [3.63, 3.8) is 0 Å². The van der Waals surface area contributed by atoms with Gasteiger partial charge in [-0.1, -0.05) is 6.92 Å². The molecule has 1 unspecified atom stereocenters. The third kappa shape index (κ3) is 5.13. The predicted octanol–water partition coefficient (Wildman–Crippen LogP) is 1.18. The number of ether oxygens (including phenoxy) is 1. The molecule has 1 atom stereocenters. The van der Waals surface area contributed by atoms with Crippen molar-refractivity contribution in [3.05, 3.63) is 0 Å². The summed E-state index contributed by atoms with van der Waals surface area (Å²) in [6.45, 7) is 8.71. The second-order valence-electron chi connectivity index (χ2n) is 4.06. The Morgan fingerprint density at radius 3 is 2.33 bits per heavy atom. The van der Waals surface area contributed by atoms with Crippen molar-refractivity contribution < 1.29 is 9.53 Å². The Labute approximate surface area is 74.5 Å². The van der Waals surface area contributed by atoms with Gasteiger partial charge in [-0.2, -0.15) is 0 Å². The van der Waals surface area contributed by atoms with E-state index in [-0.39, 0.29) is 17.4 Å². The lowest BCUT2D eigenvalue weighted by Gasteiger charge is -2.22. The van der Waals surface area contributed by atoms with E-state index in [0.717, 1.165) is 0 Å². The monoisotopic (exact) mass is 173 g/mol. The molecular weight excluding hydrogens is 154 g/mol. The van der Waals surface area contributed by atoms with Crippen LogP contribution in [0.5, 0.6) is 0 Å². The van der Waals surface area contributed by atoms with Gasteiger partial charge < -0.3 is 10.1 Å². The fourth-order valence-electron chi connectivity index (χ4n) is 0.744. The molecule has 12 heavy (non-hydrogen) atoms. The van der Waals surface area contributed by atoms with Gasteiger partial charge in [-0.05, 0) is 20.8 Å². The van der Waals surface area contributed by atoms with Gasteiger partial charge in [0.25, 0.3) is 0 Å². The van der Waals surface area contributed by atoms with Gasteiger partial charge in [-0.15, -0.1) is 0 Å². The van der Waals surface area contributed by atoms with Crippen LogP contribution in [0.15, 0.2) is 0 Å². The molecule has 3 nitrogen and oxygen atoms in total. The molecule has 0 aromatic rings. The Bertz CT molecular complexity index is 149.